The molecule has 0 bridgehead atoms. The van der Waals surface area contributed by atoms with Crippen molar-refractivity contribution < 1.29 is 18.0 Å². The van der Waals surface area contributed by atoms with E-state index in [2.05, 4.69) is 10.7 Å². The summed E-state index contributed by atoms with van der Waals surface area (Å²) >= 11 is 0. The normalized spacial score (nSPS) is 15.4. The number of anilines is 1. The van der Waals surface area contributed by atoms with E-state index in [1.54, 1.807) is 0 Å². The van der Waals surface area contributed by atoms with Crippen LogP contribution in [-0.2, 0) is 6.18 Å². The van der Waals surface area contributed by atoms with Gasteiger partial charge in [0.05, 0.1) is 16.8 Å². The monoisotopic (exact) mass is 301 g/mol. The highest BCUT2D eigenvalue weighted by Gasteiger charge is 2.31. The highest BCUT2D eigenvalue weighted by molar-refractivity contribution is 5.99. The largest absolute Gasteiger partial charge is 0.416 e. The van der Waals surface area contributed by atoms with Gasteiger partial charge in [0.2, 0.25) is 0 Å². The fourth-order valence-electron chi connectivity index (χ4n) is 2.30. The molecule has 1 aliphatic carbocycles. The summed E-state index contributed by atoms with van der Waals surface area (Å²) in [4.78, 5) is 12.0. The van der Waals surface area contributed by atoms with Crippen LogP contribution < -0.4 is 16.6 Å². The summed E-state index contributed by atoms with van der Waals surface area (Å²) in [7, 11) is 0. The molecule has 1 saturated carbocycles. The first kappa shape index (κ1) is 15.6. The Kier molecular flexibility index (Phi) is 4.72. The molecule has 2 rings (SSSR count). The Hall–Kier alpha value is -1.76. The minimum atomic E-state index is -4.49. The zero-order valence-electron chi connectivity index (χ0n) is 11.5. The maximum Gasteiger partial charge on any atom is 0.416 e. The number of carbonyl (C=O) groups is 1. The van der Waals surface area contributed by atoms with E-state index in [0.717, 1.165) is 37.5 Å². The second-order valence-electron chi connectivity index (χ2n) is 5.24. The summed E-state index contributed by atoms with van der Waals surface area (Å²) in [6.45, 7) is 0.462. The highest BCUT2D eigenvalue weighted by atomic mass is 19.4. The van der Waals surface area contributed by atoms with Crippen molar-refractivity contribution in [3.8, 4) is 0 Å². The topological polar surface area (TPSA) is 67.1 Å². The van der Waals surface area contributed by atoms with Crippen molar-refractivity contribution in [1.82, 2.24) is 5.32 Å². The summed E-state index contributed by atoms with van der Waals surface area (Å²) in [5.41, 5.74) is 1.45. The molecule has 0 unspecified atom stereocenters. The summed E-state index contributed by atoms with van der Waals surface area (Å²) in [6.07, 6.45) is -0.0955. The molecule has 1 aromatic rings. The molecule has 1 aromatic carbocycles. The molecule has 4 nitrogen and oxygen atoms in total. The Morgan fingerprint density at radius 1 is 1.33 bits per heavy atom. The molecule has 0 heterocycles. The molecule has 0 aromatic heterocycles. The lowest BCUT2D eigenvalue weighted by Crippen LogP contribution is -2.29. The molecule has 4 N–H and O–H groups in total. The Bertz CT molecular complexity index is 513. The number of amides is 1. The van der Waals surface area contributed by atoms with Crippen LogP contribution in [0, 0.1) is 5.92 Å². The third-order valence-electron chi connectivity index (χ3n) is 3.81. The van der Waals surface area contributed by atoms with Crippen LogP contribution in [-0.4, -0.2) is 12.5 Å². The number of hydrogen-bond donors (Lipinski definition) is 3. The second kappa shape index (κ2) is 6.34. The van der Waals surface area contributed by atoms with E-state index >= 15 is 0 Å². The van der Waals surface area contributed by atoms with E-state index in [-0.39, 0.29) is 11.3 Å². The molecule has 0 saturated heterocycles. The number of hydrogen-bond acceptors (Lipinski definition) is 3. The summed E-state index contributed by atoms with van der Waals surface area (Å²) < 4.78 is 38.1. The Morgan fingerprint density at radius 2 is 2.05 bits per heavy atom. The first-order chi connectivity index (χ1) is 9.91. The van der Waals surface area contributed by atoms with Gasteiger partial charge in [0.15, 0.2) is 0 Å². The number of nitrogen functional groups attached to an aromatic ring is 1. The predicted molar refractivity (Wildman–Crippen MR) is 73.5 cm³/mol. The van der Waals surface area contributed by atoms with Gasteiger partial charge < -0.3 is 10.7 Å². The van der Waals surface area contributed by atoms with Crippen molar-refractivity contribution >= 4 is 11.6 Å². The summed E-state index contributed by atoms with van der Waals surface area (Å²) in [5.74, 6) is 5.32. The van der Waals surface area contributed by atoms with Crippen LogP contribution in [0.4, 0.5) is 18.9 Å². The maximum atomic E-state index is 12.7. The van der Waals surface area contributed by atoms with Crippen LogP contribution in [0.1, 0.15) is 41.6 Å². The van der Waals surface area contributed by atoms with Gasteiger partial charge in [-0.3, -0.25) is 10.6 Å². The van der Waals surface area contributed by atoms with E-state index in [1.807, 2.05) is 0 Å². The van der Waals surface area contributed by atoms with Gasteiger partial charge in [-0.1, -0.05) is 19.3 Å². The smallest absolute Gasteiger partial charge is 0.352 e. The van der Waals surface area contributed by atoms with Gasteiger partial charge in [0.1, 0.15) is 0 Å². The van der Waals surface area contributed by atoms with Crippen molar-refractivity contribution in [2.75, 3.05) is 12.0 Å². The SMILES string of the molecule is NNc1ccc(C(F)(F)F)cc1C(=O)NCCC1CCC1. The van der Waals surface area contributed by atoms with Crippen LogP contribution in [0.3, 0.4) is 0 Å². The van der Waals surface area contributed by atoms with E-state index in [0.29, 0.717) is 12.5 Å². The van der Waals surface area contributed by atoms with Gasteiger partial charge in [0, 0.05) is 6.54 Å². The second-order valence-corrected chi connectivity index (χ2v) is 5.24. The van der Waals surface area contributed by atoms with Crippen molar-refractivity contribution in [3.05, 3.63) is 29.3 Å². The molecule has 0 spiro atoms. The van der Waals surface area contributed by atoms with Crippen LogP contribution in [0.25, 0.3) is 0 Å². The van der Waals surface area contributed by atoms with Gasteiger partial charge >= 0.3 is 6.18 Å². The third-order valence-corrected chi connectivity index (χ3v) is 3.81. The fraction of sp³-hybridized carbons (Fsp3) is 0.500. The highest BCUT2D eigenvalue weighted by Crippen LogP contribution is 2.32. The van der Waals surface area contributed by atoms with E-state index in [1.165, 1.54) is 6.42 Å². The number of carbonyl (C=O) groups excluding carboxylic acids is 1. The van der Waals surface area contributed by atoms with Crippen molar-refractivity contribution in [1.29, 1.82) is 0 Å². The van der Waals surface area contributed by atoms with E-state index in [4.69, 9.17) is 5.84 Å². The van der Waals surface area contributed by atoms with Crippen molar-refractivity contribution in [2.45, 2.75) is 31.9 Å². The van der Waals surface area contributed by atoms with Crippen LogP contribution in [0.15, 0.2) is 18.2 Å². The van der Waals surface area contributed by atoms with Gasteiger partial charge in [-0.25, -0.2) is 0 Å². The van der Waals surface area contributed by atoms with Crippen LogP contribution in [0.2, 0.25) is 0 Å². The predicted octanol–water partition coefficient (Wildman–Crippen LogP) is 2.91. The van der Waals surface area contributed by atoms with Gasteiger partial charge in [0.25, 0.3) is 5.91 Å². The molecule has 21 heavy (non-hydrogen) atoms. The number of alkyl halides is 3. The molecule has 1 aliphatic rings. The minimum absolute atomic E-state index is 0.0964. The number of nitrogens with two attached hydrogens (primary N) is 1. The zero-order valence-corrected chi connectivity index (χ0v) is 11.5. The zero-order chi connectivity index (χ0) is 15.5. The minimum Gasteiger partial charge on any atom is -0.352 e. The molecule has 116 valence electrons. The Labute approximate surface area is 120 Å². The van der Waals surface area contributed by atoms with Gasteiger partial charge in [-0.05, 0) is 30.5 Å². The van der Waals surface area contributed by atoms with E-state index in [9.17, 15) is 18.0 Å². The number of rotatable bonds is 5. The first-order valence-corrected chi connectivity index (χ1v) is 6.88. The quantitative estimate of drug-likeness (QED) is 0.578. The van der Waals surface area contributed by atoms with Gasteiger partial charge in [-0.15, -0.1) is 0 Å². The number of nitrogens with one attached hydrogen (secondary N) is 2. The van der Waals surface area contributed by atoms with Crippen LogP contribution >= 0.6 is 0 Å². The molecule has 0 aliphatic heterocycles. The number of benzene rings is 1. The standard InChI is InChI=1S/C14H18F3N3O/c15-14(16,17)10-4-5-12(20-18)11(8-10)13(21)19-7-6-9-2-1-3-9/h4-5,8-9,20H,1-3,6-7,18H2,(H,19,21). The molecule has 0 atom stereocenters. The molecule has 1 amide bonds. The number of halogens is 3. The Morgan fingerprint density at radius 3 is 2.57 bits per heavy atom. The lowest BCUT2D eigenvalue weighted by atomic mass is 9.83. The fourth-order valence-corrected chi connectivity index (χ4v) is 2.30. The molecule has 0 radical (unpaired) electrons. The Balaban J connectivity index is 2.06. The molecular formula is C14H18F3N3O. The summed E-state index contributed by atoms with van der Waals surface area (Å²) in [6, 6.07) is 2.86. The average molecular weight is 301 g/mol. The summed E-state index contributed by atoms with van der Waals surface area (Å²) in [5, 5.41) is 2.65. The maximum absolute atomic E-state index is 12.7. The first-order valence-electron chi connectivity index (χ1n) is 6.88. The lowest BCUT2D eigenvalue weighted by molar-refractivity contribution is -0.137. The third kappa shape index (κ3) is 3.87. The van der Waals surface area contributed by atoms with E-state index < -0.39 is 17.6 Å². The molecule has 7 heteroatoms. The lowest BCUT2D eigenvalue weighted by Gasteiger charge is -2.25. The molecular weight excluding hydrogens is 283 g/mol. The van der Waals surface area contributed by atoms with Crippen LogP contribution in [0.5, 0.6) is 0 Å². The average Bonchev–Trinajstić information content (AvgIpc) is 2.39. The van der Waals surface area contributed by atoms with Gasteiger partial charge in [-0.2, -0.15) is 13.2 Å². The van der Waals surface area contributed by atoms with Crippen molar-refractivity contribution in [3.63, 3.8) is 0 Å². The number of hydrazine groups is 1. The molecule has 1 fully saturated rings. The van der Waals surface area contributed by atoms with Crippen molar-refractivity contribution in [2.24, 2.45) is 11.8 Å².